The lowest BCUT2D eigenvalue weighted by atomic mass is 9.92. The summed E-state index contributed by atoms with van der Waals surface area (Å²) < 4.78 is 11.1. The van der Waals surface area contributed by atoms with Gasteiger partial charge in [0.1, 0.15) is 0 Å². The highest BCUT2D eigenvalue weighted by atomic mass is 16.7. The molecule has 0 radical (unpaired) electrons. The third-order valence-corrected chi connectivity index (χ3v) is 5.70. The number of para-hydroxylation sites is 1. The van der Waals surface area contributed by atoms with Crippen LogP contribution < -0.4 is 9.47 Å². The first kappa shape index (κ1) is 16.7. The van der Waals surface area contributed by atoms with E-state index in [1.807, 2.05) is 17.0 Å². The molecule has 136 valence electrons. The quantitative estimate of drug-likeness (QED) is 0.823. The monoisotopic (exact) mass is 344 g/mol. The Morgan fingerprint density at radius 1 is 1.12 bits per heavy atom. The summed E-state index contributed by atoms with van der Waals surface area (Å²) in [7, 11) is 0. The van der Waals surface area contributed by atoms with Gasteiger partial charge in [-0.05, 0) is 50.6 Å². The second-order valence-electron chi connectivity index (χ2n) is 7.52. The molecule has 1 amide bonds. The number of piperidine rings is 1. The molecule has 3 aliphatic rings. The highest BCUT2D eigenvalue weighted by Crippen LogP contribution is 2.36. The Morgan fingerprint density at radius 3 is 2.88 bits per heavy atom. The normalized spacial score (nSPS) is 23.2. The van der Waals surface area contributed by atoms with E-state index < -0.39 is 0 Å². The number of nitrogens with zero attached hydrogens (tertiary/aromatic N) is 2. The molecular weight excluding hydrogens is 316 g/mol. The number of amides is 1. The maximum absolute atomic E-state index is 12.3. The Kier molecular flexibility index (Phi) is 5.11. The third kappa shape index (κ3) is 3.92. The van der Waals surface area contributed by atoms with Crippen LogP contribution in [-0.2, 0) is 11.3 Å². The van der Waals surface area contributed by atoms with Gasteiger partial charge in [0.05, 0.1) is 0 Å². The SMILES string of the molecule is O=C(CCC1CCCN(Cc2cccc3c2OCO3)C1)N1CCCC1. The number of ether oxygens (including phenoxy) is 2. The van der Waals surface area contributed by atoms with Crippen LogP contribution >= 0.6 is 0 Å². The van der Waals surface area contributed by atoms with Crippen LogP contribution in [0.4, 0.5) is 0 Å². The van der Waals surface area contributed by atoms with Crippen LogP contribution in [0.3, 0.4) is 0 Å². The second kappa shape index (κ2) is 7.65. The summed E-state index contributed by atoms with van der Waals surface area (Å²) in [6.07, 6.45) is 6.56. The zero-order chi connectivity index (χ0) is 17.1. The molecule has 0 saturated carbocycles. The predicted molar refractivity (Wildman–Crippen MR) is 95.6 cm³/mol. The summed E-state index contributed by atoms with van der Waals surface area (Å²) in [5.74, 6) is 2.77. The van der Waals surface area contributed by atoms with Crippen LogP contribution in [0.25, 0.3) is 0 Å². The average molecular weight is 344 g/mol. The number of hydrogen-bond donors (Lipinski definition) is 0. The van der Waals surface area contributed by atoms with Crippen molar-refractivity contribution in [3.8, 4) is 11.5 Å². The summed E-state index contributed by atoms with van der Waals surface area (Å²) in [5.41, 5.74) is 1.21. The van der Waals surface area contributed by atoms with Crippen molar-refractivity contribution in [2.45, 2.75) is 45.1 Å². The minimum atomic E-state index is 0.327. The Hall–Kier alpha value is -1.75. The van der Waals surface area contributed by atoms with Gasteiger partial charge >= 0.3 is 0 Å². The van der Waals surface area contributed by atoms with E-state index in [0.29, 0.717) is 18.6 Å². The topological polar surface area (TPSA) is 42.0 Å². The fraction of sp³-hybridized carbons (Fsp3) is 0.650. The standard InChI is InChI=1S/C20H28N2O3/c23-19(22-11-1-2-12-22)9-8-16-5-4-10-21(13-16)14-17-6-3-7-18-20(17)25-15-24-18/h3,6-7,16H,1-2,4-5,8-15H2. The lowest BCUT2D eigenvalue weighted by molar-refractivity contribution is -0.130. The highest BCUT2D eigenvalue weighted by Gasteiger charge is 2.25. The van der Waals surface area contributed by atoms with Gasteiger partial charge in [0.15, 0.2) is 11.5 Å². The molecule has 0 aromatic heterocycles. The molecule has 1 aromatic carbocycles. The molecule has 2 fully saturated rings. The van der Waals surface area contributed by atoms with Crippen LogP contribution in [-0.4, -0.2) is 48.7 Å². The summed E-state index contributed by atoms with van der Waals surface area (Å²) in [6, 6.07) is 6.14. The molecule has 0 aliphatic carbocycles. The molecule has 4 rings (SSSR count). The van der Waals surface area contributed by atoms with E-state index in [0.717, 1.165) is 57.1 Å². The van der Waals surface area contributed by atoms with E-state index >= 15 is 0 Å². The maximum Gasteiger partial charge on any atom is 0.231 e. The van der Waals surface area contributed by atoms with Crippen LogP contribution in [0, 0.1) is 5.92 Å². The molecule has 1 atom stereocenters. The van der Waals surface area contributed by atoms with E-state index in [1.54, 1.807) is 0 Å². The third-order valence-electron chi connectivity index (χ3n) is 5.70. The first-order chi connectivity index (χ1) is 12.3. The Bertz CT molecular complexity index is 613. The number of rotatable bonds is 5. The van der Waals surface area contributed by atoms with Gasteiger partial charge < -0.3 is 14.4 Å². The Labute approximate surface area is 149 Å². The van der Waals surface area contributed by atoms with Crippen molar-refractivity contribution < 1.29 is 14.3 Å². The predicted octanol–water partition coefficient (Wildman–Crippen LogP) is 3.03. The van der Waals surface area contributed by atoms with Crippen molar-refractivity contribution in [2.75, 3.05) is 33.0 Å². The fourth-order valence-electron chi connectivity index (χ4n) is 4.34. The smallest absolute Gasteiger partial charge is 0.231 e. The second-order valence-corrected chi connectivity index (χ2v) is 7.52. The van der Waals surface area contributed by atoms with Crippen molar-refractivity contribution in [3.05, 3.63) is 23.8 Å². The number of likely N-dealkylation sites (tertiary alicyclic amines) is 2. The van der Waals surface area contributed by atoms with Crippen molar-refractivity contribution in [2.24, 2.45) is 5.92 Å². The largest absolute Gasteiger partial charge is 0.454 e. The molecule has 3 heterocycles. The minimum absolute atomic E-state index is 0.327. The molecule has 25 heavy (non-hydrogen) atoms. The van der Waals surface area contributed by atoms with E-state index in [-0.39, 0.29) is 0 Å². The molecule has 0 N–H and O–H groups in total. The molecule has 0 spiro atoms. The number of hydrogen-bond acceptors (Lipinski definition) is 4. The first-order valence-corrected chi connectivity index (χ1v) is 9.67. The summed E-state index contributed by atoms with van der Waals surface area (Å²) in [6.45, 7) is 5.38. The lowest BCUT2D eigenvalue weighted by Crippen LogP contribution is -2.36. The van der Waals surface area contributed by atoms with Crippen molar-refractivity contribution >= 4 is 5.91 Å². The fourth-order valence-corrected chi connectivity index (χ4v) is 4.34. The van der Waals surface area contributed by atoms with Crippen LogP contribution in [0.2, 0.25) is 0 Å². The van der Waals surface area contributed by atoms with Gasteiger partial charge in [-0.25, -0.2) is 0 Å². The summed E-state index contributed by atoms with van der Waals surface area (Å²) >= 11 is 0. The maximum atomic E-state index is 12.3. The lowest BCUT2D eigenvalue weighted by Gasteiger charge is -2.33. The van der Waals surface area contributed by atoms with Gasteiger partial charge in [-0.1, -0.05) is 12.1 Å². The van der Waals surface area contributed by atoms with Crippen LogP contribution in [0.1, 0.15) is 44.1 Å². The molecule has 3 aliphatic heterocycles. The zero-order valence-corrected chi connectivity index (χ0v) is 14.9. The van der Waals surface area contributed by atoms with E-state index in [4.69, 9.17) is 9.47 Å². The van der Waals surface area contributed by atoms with Crippen LogP contribution in [0.15, 0.2) is 18.2 Å². The van der Waals surface area contributed by atoms with Gasteiger partial charge in [0.2, 0.25) is 12.7 Å². The van der Waals surface area contributed by atoms with Gasteiger partial charge in [-0.2, -0.15) is 0 Å². The van der Waals surface area contributed by atoms with Gasteiger partial charge in [0.25, 0.3) is 0 Å². The first-order valence-electron chi connectivity index (χ1n) is 9.67. The van der Waals surface area contributed by atoms with Crippen LogP contribution in [0.5, 0.6) is 11.5 Å². The average Bonchev–Trinajstić information content (AvgIpc) is 3.32. The number of fused-ring (bicyclic) bond motifs is 1. The van der Waals surface area contributed by atoms with E-state index in [9.17, 15) is 4.79 Å². The van der Waals surface area contributed by atoms with Crippen molar-refractivity contribution in [1.82, 2.24) is 9.80 Å². The van der Waals surface area contributed by atoms with E-state index in [1.165, 1.54) is 31.2 Å². The molecule has 0 bridgehead atoms. The van der Waals surface area contributed by atoms with Gasteiger partial charge in [-0.15, -0.1) is 0 Å². The molecule has 5 heteroatoms. The molecule has 1 aromatic rings. The number of carbonyl (C=O) groups excluding carboxylic acids is 1. The molecule has 1 unspecified atom stereocenters. The zero-order valence-electron chi connectivity index (χ0n) is 14.9. The Morgan fingerprint density at radius 2 is 2.00 bits per heavy atom. The van der Waals surface area contributed by atoms with Crippen molar-refractivity contribution in [1.29, 1.82) is 0 Å². The van der Waals surface area contributed by atoms with E-state index in [2.05, 4.69) is 11.0 Å². The molecule has 5 nitrogen and oxygen atoms in total. The van der Waals surface area contributed by atoms with Gasteiger partial charge in [0, 0.05) is 38.2 Å². The minimum Gasteiger partial charge on any atom is -0.454 e. The molecule has 2 saturated heterocycles. The molecular formula is C20H28N2O3. The number of benzene rings is 1. The Balaban J connectivity index is 1.29. The summed E-state index contributed by atoms with van der Waals surface area (Å²) in [4.78, 5) is 16.8. The highest BCUT2D eigenvalue weighted by molar-refractivity contribution is 5.76. The number of carbonyl (C=O) groups is 1. The summed E-state index contributed by atoms with van der Waals surface area (Å²) in [5, 5.41) is 0. The van der Waals surface area contributed by atoms with Crippen molar-refractivity contribution in [3.63, 3.8) is 0 Å². The van der Waals surface area contributed by atoms with Gasteiger partial charge in [-0.3, -0.25) is 9.69 Å².